The number of likely N-dealkylation sites (tertiary alicyclic amines) is 1. The first-order valence-electron chi connectivity index (χ1n) is 7.50. The molecule has 0 bridgehead atoms. The summed E-state index contributed by atoms with van der Waals surface area (Å²) < 4.78 is 0. The molecule has 2 unspecified atom stereocenters. The van der Waals surface area contributed by atoms with E-state index in [1.165, 1.54) is 12.2 Å². The number of nitrogens with one attached hydrogen (secondary N) is 1. The van der Waals surface area contributed by atoms with Gasteiger partial charge in [-0.05, 0) is 37.9 Å². The summed E-state index contributed by atoms with van der Waals surface area (Å²) in [5, 5.41) is 13.0. The lowest BCUT2D eigenvalue weighted by Crippen LogP contribution is -2.56. The summed E-state index contributed by atoms with van der Waals surface area (Å²) in [6, 6.07) is -0.203. The van der Waals surface area contributed by atoms with Crippen molar-refractivity contribution in [3.63, 3.8) is 0 Å². The lowest BCUT2D eigenvalue weighted by Gasteiger charge is -2.34. The van der Waals surface area contributed by atoms with Crippen molar-refractivity contribution >= 4 is 23.8 Å². The van der Waals surface area contributed by atoms with E-state index >= 15 is 0 Å². The van der Waals surface area contributed by atoms with E-state index in [9.17, 15) is 14.7 Å². The van der Waals surface area contributed by atoms with Gasteiger partial charge in [0.15, 0.2) is 0 Å². The summed E-state index contributed by atoms with van der Waals surface area (Å²) in [7, 11) is 0. The van der Waals surface area contributed by atoms with Crippen LogP contribution < -0.4 is 5.32 Å². The molecule has 0 aromatic rings. The molecule has 0 saturated carbocycles. The van der Waals surface area contributed by atoms with Crippen molar-refractivity contribution in [2.75, 3.05) is 18.8 Å². The van der Waals surface area contributed by atoms with Crippen molar-refractivity contribution in [2.45, 2.75) is 56.2 Å². The Bertz CT molecular complexity index is 371. The molecule has 2 N–H and O–H groups in total. The number of carboxylic acid groups (broad SMARTS) is 1. The first kappa shape index (κ1) is 15.5. The molecule has 2 rings (SSSR count). The highest BCUT2D eigenvalue weighted by Gasteiger charge is 2.49. The van der Waals surface area contributed by atoms with Gasteiger partial charge in [0.2, 0.25) is 0 Å². The third kappa shape index (κ3) is 3.05. The van der Waals surface area contributed by atoms with E-state index in [-0.39, 0.29) is 6.03 Å². The summed E-state index contributed by atoms with van der Waals surface area (Å²) >= 11 is 1.89. The van der Waals surface area contributed by atoms with Crippen LogP contribution in [-0.4, -0.2) is 51.6 Å². The molecular weight excluding hydrogens is 276 g/mol. The van der Waals surface area contributed by atoms with Gasteiger partial charge in [-0.2, -0.15) is 11.8 Å². The first-order chi connectivity index (χ1) is 9.60. The number of aliphatic carboxylic acids is 1. The molecule has 2 fully saturated rings. The molecule has 0 spiro atoms. The molecule has 2 aliphatic rings. The monoisotopic (exact) mass is 300 g/mol. The molecule has 2 atom stereocenters. The number of thioether (sulfide) groups is 1. The third-order valence-corrected chi connectivity index (χ3v) is 5.70. The number of carbonyl (C=O) groups excluding carboxylic acids is 1. The first-order valence-corrected chi connectivity index (χ1v) is 8.55. The number of nitrogens with zero attached hydrogens (tertiary/aromatic N) is 1. The summed E-state index contributed by atoms with van der Waals surface area (Å²) in [5.41, 5.74) is -0.984. The van der Waals surface area contributed by atoms with E-state index < -0.39 is 11.5 Å². The molecular formula is C14H24N2O3S. The maximum absolute atomic E-state index is 12.3. The van der Waals surface area contributed by atoms with Gasteiger partial charge in [0.05, 0.1) is 0 Å². The van der Waals surface area contributed by atoms with Crippen molar-refractivity contribution in [1.82, 2.24) is 10.2 Å². The van der Waals surface area contributed by atoms with Gasteiger partial charge in [0.1, 0.15) is 5.54 Å². The van der Waals surface area contributed by atoms with Gasteiger partial charge in [-0.25, -0.2) is 9.59 Å². The zero-order chi connectivity index (χ0) is 14.6. The van der Waals surface area contributed by atoms with Crippen LogP contribution in [0.3, 0.4) is 0 Å². The molecule has 2 heterocycles. The summed E-state index contributed by atoms with van der Waals surface area (Å²) in [4.78, 5) is 25.6. The smallest absolute Gasteiger partial charge is 0.329 e. The molecule has 2 aliphatic heterocycles. The third-order valence-electron chi connectivity index (χ3n) is 4.30. The molecule has 2 saturated heterocycles. The van der Waals surface area contributed by atoms with Crippen LogP contribution in [-0.2, 0) is 4.79 Å². The van der Waals surface area contributed by atoms with E-state index in [2.05, 4.69) is 5.32 Å². The molecule has 0 aromatic heterocycles. The largest absolute Gasteiger partial charge is 0.479 e. The Labute approximate surface area is 124 Å². The number of hydrogen-bond acceptors (Lipinski definition) is 3. The zero-order valence-electron chi connectivity index (χ0n) is 12.1. The topological polar surface area (TPSA) is 69.6 Å². The Hall–Kier alpha value is -0.910. The Kier molecular flexibility index (Phi) is 5.18. The molecule has 6 heteroatoms. The molecule has 2 amide bonds. The summed E-state index contributed by atoms with van der Waals surface area (Å²) in [5.74, 6) is 0.307. The van der Waals surface area contributed by atoms with Crippen LogP contribution in [0.25, 0.3) is 0 Å². The average molecular weight is 300 g/mol. The van der Waals surface area contributed by atoms with Crippen molar-refractivity contribution in [3.8, 4) is 0 Å². The molecule has 5 nitrogen and oxygen atoms in total. The van der Waals surface area contributed by atoms with Gasteiger partial charge in [-0.15, -0.1) is 0 Å². The number of carbonyl (C=O) groups is 2. The minimum atomic E-state index is -0.984. The van der Waals surface area contributed by atoms with E-state index in [0.717, 1.165) is 19.3 Å². The summed E-state index contributed by atoms with van der Waals surface area (Å²) in [6.07, 6.45) is 5.01. The predicted octanol–water partition coefficient (Wildman–Crippen LogP) is 2.31. The molecule has 0 aliphatic carbocycles. The maximum Gasteiger partial charge on any atom is 0.329 e. The van der Waals surface area contributed by atoms with E-state index in [1.54, 1.807) is 4.90 Å². The molecule has 114 valence electrons. The number of urea groups is 1. The van der Waals surface area contributed by atoms with E-state index in [0.29, 0.717) is 31.2 Å². The van der Waals surface area contributed by atoms with Crippen molar-refractivity contribution in [3.05, 3.63) is 0 Å². The SMILES string of the molecule is CCCC1(C(=O)O)CCCN1C(=O)NCC1CCCS1. The van der Waals surface area contributed by atoms with Crippen LogP contribution in [0.4, 0.5) is 4.79 Å². The van der Waals surface area contributed by atoms with Gasteiger partial charge in [-0.3, -0.25) is 0 Å². The molecule has 20 heavy (non-hydrogen) atoms. The van der Waals surface area contributed by atoms with Crippen LogP contribution in [0.1, 0.15) is 45.4 Å². The molecule has 0 aromatic carbocycles. The fraction of sp³-hybridized carbons (Fsp3) is 0.857. The fourth-order valence-corrected chi connectivity index (χ4v) is 4.48. The van der Waals surface area contributed by atoms with E-state index in [1.807, 2.05) is 18.7 Å². The van der Waals surface area contributed by atoms with Gasteiger partial charge >= 0.3 is 12.0 Å². The minimum Gasteiger partial charge on any atom is -0.479 e. The quantitative estimate of drug-likeness (QED) is 0.817. The van der Waals surface area contributed by atoms with Gasteiger partial charge in [0.25, 0.3) is 0 Å². The lowest BCUT2D eigenvalue weighted by atomic mass is 9.91. The second-order valence-electron chi connectivity index (χ2n) is 5.66. The normalized spacial score (nSPS) is 29.6. The highest BCUT2D eigenvalue weighted by molar-refractivity contribution is 8.00. The number of carboxylic acids is 1. The number of rotatable bonds is 5. The number of amides is 2. The Balaban J connectivity index is 1.97. The molecule has 0 radical (unpaired) electrons. The lowest BCUT2D eigenvalue weighted by molar-refractivity contribution is -0.148. The fourth-order valence-electron chi connectivity index (χ4n) is 3.28. The minimum absolute atomic E-state index is 0.203. The van der Waals surface area contributed by atoms with Crippen LogP contribution in [0.2, 0.25) is 0 Å². The van der Waals surface area contributed by atoms with E-state index in [4.69, 9.17) is 0 Å². The predicted molar refractivity (Wildman–Crippen MR) is 80.1 cm³/mol. The van der Waals surface area contributed by atoms with Crippen LogP contribution >= 0.6 is 11.8 Å². The van der Waals surface area contributed by atoms with Crippen molar-refractivity contribution in [1.29, 1.82) is 0 Å². The Morgan fingerprint density at radius 3 is 2.85 bits per heavy atom. The van der Waals surface area contributed by atoms with Crippen LogP contribution in [0.5, 0.6) is 0 Å². The Morgan fingerprint density at radius 1 is 1.45 bits per heavy atom. The number of hydrogen-bond donors (Lipinski definition) is 2. The summed E-state index contributed by atoms with van der Waals surface area (Å²) in [6.45, 7) is 3.17. The Morgan fingerprint density at radius 2 is 2.25 bits per heavy atom. The van der Waals surface area contributed by atoms with Crippen molar-refractivity contribution in [2.24, 2.45) is 0 Å². The van der Waals surface area contributed by atoms with Gasteiger partial charge in [0, 0.05) is 18.3 Å². The van der Waals surface area contributed by atoms with Crippen LogP contribution in [0, 0.1) is 0 Å². The maximum atomic E-state index is 12.3. The highest BCUT2D eigenvalue weighted by Crippen LogP contribution is 2.34. The second-order valence-corrected chi connectivity index (χ2v) is 7.07. The average Bonchev–Trinajstić information content (AvgIpc) is 3.06. The van der Waals surface area contributed by atoms with Crippen LogP contribution in [0.15, 0.2) is 0 Å². The zero-order valence-corrected chi connectivity index (χ0v) is 12.9. The van der Waals surface area contributed by atoms with Gasteiger partial charge in [-0.1, -0.05) is 13.3 Å². The van der Waals surface area contributed by atoms with Crippen molar-refractivity contribution < 1.29 is 14.7 Å². The standard InChI is InChI=1S/C14H24N2O3S/c1-2-6-14(12(17)18)7-4-8-16(14)13(19)15-10-11-5-3-9-20-11/h11H,2-10H2,1H3,(H,15,19)(H,17,18). The highest BCUT2D eigenvalue weighted by atomic mass is 32.2. The second kappa shape index (κ2) is 6.70. The van der Waals surface area contributed by atoms with Gasteiger partial charge < -0.3 is 15.3 Å².